The van der Waals surface area contributed by atoms with Gasteiger partial charge < -0.3 is 39.7 Å². The molecule has 0 bridgehead atoms. The van der Waals surface area contributed by atoms with Gasteiger partial charge in [-0.25, -0.2) is 0 Å². The van der Waals surface area contributed by atoms with Crippen LogP contribution in [0.25, 0.3) is 0 Å². The molecule has 1 fully saturated rings. The van der Waals surface area contributed by atoms with Crippen LogP contribution < -0.4 is 9.47 Å². The number of benzene rings is 1. The molecule has 0 spiro atoms. The van der Waals surface area contributed by atoms with Gasteiger partial charge in [0.25, 0.3) is 0 Å². The van der Waals surface area contributed by atoms with Crippen molar-refractivity contribution in [1.29, 1.82) is 0 Å². The molecule has 1 aromatic heterocycles. The summed E-state index contributed by atoms with van der Waals surface area (Å²) in [4.78, 5) is 0. The number of aromatic nitrogens is 2. The minimum absolute atomic E-state index is 0.0595. The van der Waals surface area contributed by atoms with E-state index >= 15 is 0 Å². The Bertz CT molecular complexity index is 808. The van der Waals surface area contributed by atoms with Gasteiger partial charge in [0, 0.05) is 12.0 Å². The summed E-state index contributed by atoms with van der Waals surface area (Å²) in [5.74, 6) is 0.812. The molecular weight excluding hydrogens is 396 g/mol. The number of aromatic amines is 1. The fourth-order valence-corrected chi connectivity index (χ4v) is 3.23. The summed E-state index contributed by atoms with van der Waals surface area (Å²) in [6, 6.07) is 7.44. The predicted octanol–water partition coefficient (Wildman–Crippen LogP) is -0.541. The Kier molecular flexibility index (Phi) is 7.29. The zero-order chi connectivity index (χ0) is 21.8. The van der Waals surface area contributed by atoms with E-state index in [0.717, 1.165) is 11.3 Å². The van der Waals surface area contributed by atoms with Crippen LogP contribution in [0.5, 0.6) is 11.6 Å². The summed E-state index contributed by atoms with van der Waals surface area (Å²) in [7, 11) is 0. The highest BCUT2D eigenvalue weighted by Gasteiger charge is 2.45. The summed E-state index contributed by atoms with van der Waals surface area (Å²) < 4.78 is 16.7. The van der Waals surface area contributed by atoms with Gasteiger partial charge in [0.15, 0.2) is 0 Å². The van der Waals surface area contributed by atoms with Gasteiger partial charge in [0.05, 0.1) is 25.0 Å². The number of aliphatic hydroxyl groups is 5. The van der Waals surface area contributed by atoms with Gasteiger partial charge in [0.1, 0.15) is 30.2 Å². The average molecular weight is 424 g/mol. The highest BCUT2D eigenvalue weighted by Crippen LogP contribution is 2.28. The lowest BCUT2D eigenvalue weighted by Crippen LogP contribution is -2.60. The van der Waals surface area contributed by atoms with Gasteiger partial charge >= 0.3 is 0 Å². The average Bonchev–Trinajstić information content (AvgIpc) is 3.10. The lowest BCUT2D eigenvalue weighted by Gasteiger charge is -2.39. The molecule has 2 aromatic rings. The molecule has 166 valence electrons. The molecule has 0 saturated carbocycles. The molecule has 5 atom stereocenters. The number of aliphatic hydroxyl groups excluding tert-OH is 5. The second kappa shape index (κ2) is 9.73. The van der Waals surface area contributed by atoms with Crippen LogP contribution in [0.15, 0.2) is 24.3 Å². The zero-order valence-electron chi connectivity index (χ0n) is 16.8. The first kappa shape index (κ1) is 22.5. The molecule has 1 aromatic carbocycles. The first-order chi connectivity index (χ1) is 14.3. The third-order valence-electron chi connectivity index (χ3n) is 4.83. The Balaban J connectivity index is 1.78. The summed E-state index contributed by atoms with van der Waals surface area (Å²) in [5, 5.41) is 55.7. The maximum absolute atomic E-state index is 10.2. The summed E-state index contributed by atoms with van der Waals surface area (Å²) in [6.45, 7) is 3.00. The Morgan fingerprint density at radius 2 is 1.77 bits per heavy atom. The van der Waals surface area contributed by atoms with Crippen molar-refractivity contribution in [2.45, 2.75) is 63.7 Å². The van der Waals surface area contributed by atoms with Crippen molar-refractivity contribution in [3.05, 3.63) is 41.1 Å². The standard InChI is InChI=1S/C20H28N2O8/c1-10(2)28-12-5-3-11(4-6-12)7-13-14(8-23)21-22-19(13)30-20-18(27)17(26)16(25)15(9-24)29-20/h3-6,10,15-18,20,23-27H,7-9H2,1-2H3,(H,21,22)/t15-,16-,17+,18-,20+/m1/s1. The van der Waals surface area contributed by atoms with E-state index in [1.165, 1.54) is 0 Å². The van der Waals surface area contributed by atoms with Crippen LogP contribution in [-0.4, -0.2) is 79.1 Å². The van der Waals surface area contributed by atoms with Crippen LogP contribution in [-0.2, 0) is 17.8 Å². The SMILES string of the molecule is CC(C)Oc1ccc(Cc2c(O[C@@H]3O[C@H](CO)[C@@H](O)[C@H](O)[C@H]3O)n[nH]c2CO)cc1. The zero-order valence-corrected chi connectivity index (χ0v) is 16.8. The van der Waals surface area contributed by atoms with Crippen molar-refractivity contribution in [1.82, 2.24) is 10.2 Å². The van der Waals surface area contributed by atoms with Gasteiger partial charge in [-0.15, -0.1) is 5.10 Å². The number of hydrogen-bond donors (Lipinski definition) is 6. The fraction of sp³-hybridized carbons (Fsp3) is 0.550. The largest absolute Gasteiger partial charge is 0.491 e. The Hall–Kier alpha value is -2.21. The number of nitrogens with one attached hydrogen (secondary N) is 1. The molecule has 6 N–H and O–H groups in total. The smallest absolute Gasteiger partial charge is 0.238 e. The maximum atomic E-state index is 10.2. The van der Waals surface area contributed by atoms with Crippen molar-refractivity contribution in [2.75, 3.05) is 6.61 Å². The molecule has 1 aliphatic heterocycles. The number of ether oxygens (including phenoxy) is 3. The molecular formula is C20H28N2O8. The molecule has 3 rings (SSSR count). The van der Waals surface area contributed by atoms with Crippen molar-refractivity contribution in [3.8, 4) is 11.6 Å². The van der Waals surface area contributed by atoms with Crippen LogP contribution >= 0.6 is 0 Å². The molecule has 10 heteroatoms. The number of hydrogen-bond acceptors (Lipinski definition) is 9. The van der Waals surface area contributed by atoms with E-state index in [2.05, 4.69) is 10.2 Å². The Morgan fingerprint density at radius 3 is 2.37 bits per heavy atom. The molecule has 1 saturated heterocycles. The lowest BCUT2D eigenvalue weighted by atomic mass is 9.99. The van der Waals surface area contributed by atoms with Gasteiger partial charge in [-0.3, -0.25) is 5.10 Å². The molecule has 2 heterocycles. The van der Waals surface area contributed by atoms with E-state index < -0.39 is 37.3 Å². The van der Waals surface area contributed by atoms with Gasteiger partial charge in [-0.2, -0.15) is 0 Å². The van der Waals surface area contributed by atoms with E-state index in [4.69, 9.17) is 14.2 Å². The number of H-pyrrole nitrogens is 1. The highest BCUT2D eigenvalue weighted by atomic mass is 16.7. The minimum Gasteiger partial charge on any atom is -0.491 e. The minimum atomic E-state index is -1.56. The topological polar surface area (TPSA) is 158 Å². The highest BCUT2D eigenvalue weighted by molar-refractivity contribution is 5.37. The third-order valence-corrected chi connectivity index (χ3v) is 4.83. The number of nitrogens with zero attached hydrogens (tertiary/aromatic N) is 1. The first-order valence-corrected chi connectivity index (χ1v) is 9.73. The van der Waals surface area contributed by atoms with Crippen molar-refractivity contribution < 1.29 is 39.7 Å². The normalized spacial score (nSPS) is 26.7. The van der Waals surface area contributed by atoms with Crippen LogP contribution in [0.4, 0.5) is 0 Å². The molecule has 0 radical (unpaired) electrons. The van der Waals surface area contributed by atoms with Crippen molar-refractivity contribution >= 4 is 0 Å². The summed E-state index contributed by atoms with van der Waals surface area (Å²) in [6.07, 6.45) is -6.64. The molecule has 1 aliphatic rings. The molecule has 0 unspecified atom stereocenters. The van der Waals surface area contributed by atoms with Crippen LogP contribution in [0.1, 0.15) is 30.7 Å². The fourth-order valence-electron chi connectivity index (χ4n) is 3.23. The molecule has 10 nitrogen and oxygen atoms in total. The lowest BCUT2D eigenvalue weighted by molar-refractivity contribution is -0.278. The Labute approximate surface area is 173 Å². The third kappa shape index (κ3) is 4.91. The van der Waals surface area contributed by atoms with Crippen LogP contribution in [0, 0.1) is 0 Å². The van der Waals surface area contributed by atoms with Gasteiger partial charge in [0.2, 0.25) is 12.2 Å². The second-order valence-corrected chi connectivity index (χ2v) is 7.45. The van der Waals surface area contributed by atoms with Gasteiger partial charge in [-0.05, 0) is 31.5 Å². The predicted molar refractivity (Wildman–Crippen MR) is 104 cm³/mol. The van der Waals surface area contributed by atoms with E-state index in [0.29, 0.717) is 17.7 Å². The first-order valence-electron chi connectivity index (χ1n) is 9.73. The quantitative estimate of drug-likeness (QED) is 0.327. The van der Waals surface area contributed by atoms with Crippen LogP contribution in [0.2, 0.25) is 0 Å². The molecule has 0 aliphatic carbocycles. The van der Waals surface area contributed by atoms with Crippen LogP contribution in [0.3, 0.4) is 0 Å². The van der Waals surface area contributed by atoms with E-state index in [1.54, 1.807) is 0 Å². The van der Waals surface area contributed by atoms with Crippen molar-refractivity contribution in [2.24, 2.45) is 0 Å². The van der Waals surface area contributed by atoms with E-state index in [1.807, 2.05) is 38.1 Å². The Morgan fingerprint density at radius 1 is 1.07 bits per heavy atom. The molecule has 30 heavy (non-hydrogen) atoms. The maximum Gasteiger partial charge on any atom is 0.238 e. The molecule has 0 amide bonds. The summed E-state index contributed by atoms with van der Waals surface area (Å²) in [5.41, 5.74) is 1.88. The van der Waals surface area contributed by atoms with Crippen molar-refractivity contribution in [3.63, 3.8) is 0 Å². The summed E-state index contributed by atoms with van der Waals surface area (Å²) >= 11 is 0. The van der Waals surface area contributed by atoms with E-state index in [9.17, 15) is 25.5 Å². The second-order valence-electron chi connectivity index (χ2n) is 7.45. The van der Waals surface area contributed by atoms with Gasteiger partial charge in [-0.1, -0.05) is 12.1 Å². The monoisotopic (exact) mass is 424 g/mol. The number of rotatable bonds is 8. The van der Waals surface area contributed by atoms with E-state index in [-0.39, 0.29) is 18.6 Å².